The lowest BCUT2D eigenvalue weighted by atomic mass is 10.1. The topological polar surface area (TPSA) is 61.8 Å². The Morgan fingerprint density at radius 2 is 1.70 bits per heavy atom. The van der Waals surface area contributed by atoms with E-state index in [1.54, 1.807) is 24.1 Å². The zero-order chi connectivity index (χ0) is 14.7. The third-order valence-electron chi connectivity index (χ3n) is 2.92. The summed E-state index contributed by atoms with van der Waals surface area (Å²) in [6.45, 7) is 0. The fourth-order valence-electron chi connectivity index (χ4n) is 1.86. The predicted molar refractivity (Wildman–Crippen MR) is 73.4 cm³/mol. The van der Waals surface area contributed by atoms with Gasteiger partial charge in [-0.05, 0) is 42.5 Å². The summed E-state index contributed by atoms with van der Waals surface area (Å²) < 4.78 is 26.2. The quantitative estimate of drug-likeness (QED) is 0.392. The summed E-state index contributed by atoms with van der Waals surface area (Å²) in [6.07, 6.45) is 0. The molecule has 0 amide bonds. The van der Waals surface area contributed by atoms with Gasteiger partial charge < -0.3 is 15.8 Å². The molecule has 2 rings (SSSR count). The first-order valence-electron chi connectivity index (χ1n) is 5.79. The van der Waals surface area contributed by atoms with Gasteiger partial charge in [0.1, 0.15) is 11.6 Å². The van der Waals surface area contributed by atoms with Crippen molar-refractivity contribution in [1.82, 2.24) is 0 Å². The van der Waals surface area contributed by atoms with E-state index in [4.69, 9.17) is 10.9 Å². The highest BCUT2D eigenvalue weighted by molar-refractivity contribution is 6.02. The van der Waals surface area contributed by atoms with Gasteiger partial charge in [0.15, 0.2) is 5.84 Å². The molecule has 0 bridgehead atoms. The number of nitrogens with zero attached hydrogens (tertiary/aromatic N) is 2. The number of benzene rings is 2. The lowest BCUT2D eigenvalue weighted by molar-refractivity contribution is 0.318. The summed E-state index contributed by atoms with van der Waals surface area (Å²) in [4.78, 5) is 1.69. The van der Waals surface area contributed by atoms with Crippen LogP contribution in [0.5, 0.6) is 0 Å². The Hall–Kier alpha value is -2.63. The predicted octanol–water partition coefficient (Wildman–Crippen LogP) is 2.83. The van der Waals surface area contributed by atoms with Gasteiger partial charge in [-0.1, -0.05) is 5.16 Å². The highest BCUT2D eigenvalue weighted by Crippen LogP contribution is 2.27. The molecule has 0 aliphatic rings. The number of nitrogens with two attached hydrogens (primary N) is 1. The van der Waals surface area contributed by atoms with Gasteiger partial charge >= 0.3 is 0 Å². The Morgan fingerprint density at radius 1 is 1.10 bits per heavy atom. The Kier molecular flexibility index (Phi) is 3.84. The van der Waals surface area contributed by atoms with E-state index in [9.17, 15) is 8.78 Å². The smallest absolute Gasteiger partial charge is 0.172 e. The van der Waals surface area contributed by atoms with Crippen LogP contribution < -0.4 is 10.6 Å². The number of oxime groups is 1. The van der Waals surface area contributed by atoms with Gasteiger partial charge in [-0.15, -0.1) is 0 Å². The SMILES string of the molecule is CN(c1ccc(F)cc1)c1ccc(F)cc1C(N)=NO. The van der Waals surface area contributed by atoms with Gasteiger partial charge in [-0.2, -0.15) is 0 Å². The lowest BCUT2D eigenvalue weighted by Gasteiger charge is -2.22. The van der Waals surface area contributed by atoms with Crippen molar-refractivity contribution in [3.05, 3.63) is 59.7 Å². The van der Waals surface area contributed by atoms with Crippen molar-refractivity contribution in [2.75, 3.05) is 11.9 Å². The summed E-state index contributed by atoms with van der Waals surface area (Å²) in [5, 5.41) is 11.7. The maximum atomic E-state index is 13.3. The molecule has 0 aliphatic heterocycles. The van der Waals surface area contributed by atoms with E-state index in [-0.39, 0.29) is 17.2 Å². The van der Waals surface area contributed by atoms with Crippen LogP contribution in [0, 0.1) is 11.6 Å². The van der Waals surface area contributed by atoms with E-state index in [1.165, 1.54) is 30.3 Å². The number of hydrogen-bond acceptors (Lipinski definition) is 3. The monoisotopic (exact) mass is 277 g/mol. The van der Waals surface area contributed by atoms with Crippen molar-refractivity contribution in [3.63, 3.8) is 0 Å². The third kappa shape index (κ3) is 2.69. The molecule has 0 aliphatic carbocycles. The summed E-state index contributed by atoms with van der Waals surface area (Å²) >= 11 is 0. The van der Waals surface area contributed by atoms with Gasteiger partial charge in [0.2, 0.25) is 0 Å². The van der Waals surface area contributed by atoms with Gasteiger partial charge in [0, 0.05) is 18.3 Å². The molecule has 0 radical (unpaired) electrons. The molecule has 6 heteroatoms. The number of anilines is 2. The third-order valence-corrected chi connectivity index (χ3v) is 2.92. The molecule has 2 aromatic rings. The van der Waals surface area contributed by atoms with Crippen LogP contribution in [0.4, 0.5) is 20.2 Å². The van der Waals surface area contributed by atoms with Crippen LogP contribution in [-0.4, -0.2) is 18.1 Å². The van der Waals surface area contributed by atoms with E-state index < -0.39 is 5.82 Å². The molecule has 0 spiro atoms. The molecular weight excluding hydrogens is 264 g/mol. The van der Waals surface area contributed by atoms with Crippen molar-refractivity contribution in [1.29, 1.82) is 0 Å². The fraction of sp³-hybridized carbons (Fsp3) is 0.0714. The van der Waals surface area contributed by atoms with E-state index >= 15 is 0 Å². The summed E-state index contributed by atoms with van der Waals surface area (Å²) in [6, 6.07) is 9.74. The second kappa shape index (κ2) is 5.56. The number of halogens is 2. The second-order valence-electron chi connectivity index (χ2n) is 4.18. The lowest BCUT2D eigenvalue weighted by Crippen LogP contribution is -2.19. The maximum absolute atomic E-state index is 13.3. The van der Waals surface area contributed by atoms with Crippen molar-refractivity contribution in [2.45, 2.75) is 0 Å². The number of hydrogen-bond donors (Lipinski definition) is 2. The minimum Gasteiger partial charge on any atom is -0.409 e. The largest absolute Gasteiger partial charge is 0.409 e. The molecule has 2 aromatic carbocycles. The van der Waals surface area contributed by atoms with Gasteiger partial charge in [0.05, 0.1) is 5.69 Å². The molecule has 3 N–H and O–H groups in total. The Morgan fingerprint density at radius 3 is 2.30 bits per heavy atom. The normalized spacial score (nSPS) is 11.4. The highest BCUT2D eigenvalue weighted by Gasteiger charge is 2.13. The van der Waals surface area contributed by atoms with Crippen molar-refractivity contribution in [2.24, 2.45) is 10.9 Å². The van der Waals surface area contributed by atoms with Crippen molar-refractivity contribution >= 4 is 17.2 Å². The maximum Gasteiger partial charge on any atom is 0.172 e. The molecule has 0 atom stereocenters. The number of rotatable bonds is 3. The van der Waals surface area contributed by atoms with Crippen LogP contribution in [0.3, 0.4) is 0 Å². The van der Waals surface area contributed by atoms with Gasteiger partial charge in [0.25, 0.3) is 0 Å². The van der Waals surface area contributed by atoms with E-state index in [2.05, 4.69) is 5.16 Å². The van der Waals surface area contributed by atoms with Crippen molar-refractivity contribution in [3.8, 4) is 0 Å². The first-order valence-corrected chi connectivity index (χ1v) is 5.79. The first-order chi connectivity index (χ1) is 9.52. The summed E-state index contributed by atoms with van der Waals surface area (Å²) in [5.41, 5.74) is 7.02. The summed E-state index contributed by atoms with van der Waals surface area (Å²) in [5.74, 6) is -1.05. The zero-order valence-corrected chi connectivity index (χ0v) is 10.7. The van der Waals surface area contributed by atoms with E-state index in [0.29, 0.717) is 11.4 Å². The van der Waals surface area contributed by atoms with Crippen LogP contribution in [-0.2, 0) is 0 Å². The molecular formula is C14H13F2N3O. The Labute approximate surface area is 114 Å². The standard InChI is InChI=1S/C14H13F2N3O/c1-19(11-5-2-9(15)3-6-11)13-7-4-10(16)8-12(13)14(17)18-20/h2-8,20H,1H3,(H2,17,18). The minimum absolute atomic E-state index is 0.200. The van der Waals surface area contributed by atoms with Crippen LogP contribution in [0.25, 0.3) is 0 Å². The molecule has 0 heterocycles. The second-order valence-corrected chi connectivity index (χ2v) is 4.18. The van der Waals surface area contributed by atoms with E-state index in [1.807, 2.05) is 0 Å². The van der Waals surface area contributed by atoms with Crippen molar-refractivity contribution < 1.29 is 14.0 Å². The molecule has 4 nitrogen and oxygen atoms in total. The molecule has 20 heavy (non-hydrogen) atoms. The number of amidine groups is 1. The molecule has 0 aromatic heterocycles. The van der Waals surface area contributed by atoms with Crippen LogP contribution >= 0.6 is 0 Å². The summed E-state index contributed by atoms with van der Waals surface area (Å²) in [7, 11) is 1.72. The molecule has 0 saturated heterocycles. The molecule has 0 fully saturated rings. The fourth-order valence-corrected chi connectivity index (χ4v) is 1.86. The van der Waals surface area contributed by atoms with E-state index in [0.717, 1.165) is 0 Å². The average molecular weight is 277 g/mol. The van der Waals surface area contributed by atoms with Crippen LogP contribution in [0.15, 0.2) is 47.6 Å². The van der Waals surface area contributed by atoms with Crippen LogP contribution in [0.1, 0.15) is 5.56 Å². The molecule has 104 valence electrons. The molecule has 0 saturated carbocycles. The Balaban J connectivity index is 2.49. The highest BCUT2D eigenvalue weighted by atomic mass is 19.1. The van der Waals surface area contributed by atoms with Gasteiger partial charge in [-0.3, -0.25) is 0 Å². The first kappa shape index (κ1) is 13.8. The zero-order valence-electron chi connectivity index (χ0n) is 10.7. The van der Waals surface area contributed by atoms with Crippen LogP contribution in [0.2, 0.25) is 0 Å². The van der Waals surface area contributed by atoms with Gasteiger partial charge in [-0.25, -0.2) is 8.78 Å². The Bertz CT molecular complexity index is 641. The average Bonchev–Trinajstić information content (AvgIpc) is 2.46. The molecule has 0 unspecified atom stereocenters. The minimum atomic E-state index is -0.497.